The fraction of sp³-hybridized carbons (Fsp3) is 0.211. The Labute approximate surface area is 190 Å². The lowest BCUT2D eigenvalue weighted by Gasteiger charge is -2.14. The molecule has 3 amide bonds. The molecule has 3 heterocycles. The molecule has 0 aliphatic carbocycles. The third kappa shape index (κ3) is 5.49. The van der Waals surface area contributed by atoms with Crippen molar-refractivity contribution < 1.29 is 18.8 Å². The predicted molar refractivity (Wildman–Crippen MR) is 121 cm³/mol. The molecule has 160 valence electrons. The van der Waals surface area contributed by atoms with Gasteiger partial charge in [0, 0.05) is 17.1 Å². The van der Waals surface area contributed by atoms with E-state index in [1.54, 1.807) is 36.4 Å². The van der Waals surface area contributed by atoms with Gasteiger partial charge >= 0.3 is 0 Å². The molecule has 2 saturated heterocycles. The van der Waals surface area contributed by atoms with Gasteiger partial charge in [-0.3, -0.25) is 19.3 Å². The molecule has 2 aliphatic heterocycles. The van der Waals surface area contributed by atoms with E-state index in [4.69, 9.17) is 16.0 Å². The van der Waals surface area contributed by atoms with Crippen LogP contribution in [0.1, 0.15) is 12.2 Å². The van der Waals surface area contributed by atoms with Crippen molar-refractivity contribution in [3.63, 3.8) is 0 Å². The summed E-state index contributed by atoms with van der Waals surface area (Å²) in [6.45, 7) is 0.166. The van der Waals surface area contributed by atoms with Crippen LogP contribution in [-0.4, -0.2) is 44.0 Å². The largest absolute Gasteiger partial charge is 0.467 e. The number of nitrogens with one attached hydrogen (secondary N) is 2. The van der Waals surface area contributed by atoms with E-state index in [1.807, 2.05) is 0 Å². The Kier molecular flexibility index (Phi) is 6.64. The van der Waals surface area contributed by atoms with Crippen molar-refractivity contribution in [1.82, 2.24) is 10.2 Å². The minimum absolute atomic E-state index is 0.0387. The Hall–Kier alpha value is -2.76. The van der Waals surface area contributed by atoms with Crippen molar-refractivity contribution >= 4 is 68.9 Å². The Morgan fingerprint density at radius 1 is 1.26 bits per heavy atom. The summed E-state index contributed by atoms with van der Waals surface area (Å²) in [5.74, 6) is 0.802. The smallest absolute Gasteiger partial charge is 0.284 e. The lowest BCUT2D eigenvalue weighted by molar-refractivity contribution is -0.128. The lowest BCUT2D eigenvalue weighted by atomic mass is 10.2. The number of benzene rings is 1. The zero-order chi connectivity index (χ0) is 21.8. The van der Waals surface area contributed by atoms with Crippen LogP contribution in [0.5, 0.6) is 0 Å². The second kappa shape index (κ2) is 9.58. The Bertz CT molecular complexity index is 1060. The molecule has 0 radical (unpaired) electrons. The van der Waals surface area contributed by atoms with Crippen LogP contribution in [-0.2, 0) is 16.1 Å². The number of halogens is 1. The van der Waals surface area contributed by atoms with Gasteiger partial charge in [0.2, 0.25) is 11.8 Å². The normalized spacial score (nSPS) is 21.2. The fourth-order valence-corrected chi connectivity index (χ4v) is 4.61. The van der Waals surface area contributed by atoms with Gasteiger partial charge in [-0.15, -0.1) is 10.2 Å². The molecule has 0 saturated carbocycles. The van der Waals surface area contributed by atoms with E-state index in [-0.39, 0.29) is 30.0 Å². The molecule has 1 aromatic carbocycles. The Morgan fingerprint density at radius 3 is 2.74 bits per heavy atom. The lowest BCUT2D eigenvalue weighted by Crippen LogP contribution is -2.33. The standard InChI is InChI=1S/C19H16ClN5O4S2/c20-11-3-5-12(6-4-11)21-16(26)8-14-17(27)25(9-13-2-1-7-29-13)18(31-14)24-23-15-10-30-19(28)22-15/h1-7,14H,8-10H2,(H,21,26)(H,22,23,28)/b24-18-/t14-/m1/s1. The molecular weight excluding hydrogens is 462 g/mol. The number of carbonyl (C=O) groups is 3. The number of amides is 3. The van der Waals surface area contributed by atoms with Gasteiger partial charge in [0.05, 0.1) is 18.6 Å². The highest BCUT2D eigenvalue weighted by Crippen LogP contribution is 2.31. The van der Waals surface area contributed by atoms with Crippen molar-refractivity contribution in [3.05, 3.63) is 53.4 Å². The van der Waals surface area contributed by atoms with E-state index in [0.717, 1.165) is 23.5 Å². The zero-order valence-electron chi connectivity index (χ0n) is 15.9. The van der Waals surface area contributed by atoms with Crippen LogP contribution >= 0.6 is 35.1 Å². The molecule has 2 N–H and O–H groups in total. The quantitative estimate of drug-likeness (QED) is 0.615. The Morgan fingerprint density at radius 2 is 2.06 bits per heavy atom. The third-order valence-corrected chi connectivity index (χ3v) is 6.46. The van der Waals surface area contributed by atoms with Gasteiger partial charge in [-0.25, -0.2) is 0 Å². The van der Waals surface area contributed by atoms with E-state index < -0.39 is 5.25 Å². The molecule has 1 aromatic heterocycles. The van der Waals surface area contributed by atoms with Gasteiger partial charge in [-0.2, -0.15) is 0 Å². The number of hydrogen-bond donors (Lipinski definition) is 2. The van der Waals surface area contributed by atoms with E-state index in [0.29, 0.717) is 33.2 Å². The monoisotopic (exact) mass is 477 g/mol. The van der Waals surface area contributed by atoms with Crippen molar-refractivity contribution in [2.75, 3.05) is 11.1 Å². The zero-order valence-corrected chi connectivity index (χ0v) is 18.3. The molecule has 12 heteroatoms. The number of amidine groups is 2. The number of hydrogen-bond acceptors (Lipinski definition) is 8. The first-order valence-electron chi connectivity index (χ1n) is 9.12. The van der Waals surface area contributed by atoms with Crippen molar-refractivity contribution in [3.8, 4) is 0 Å². The topological polar surface area (TPSA) is 116 Å². The number of thioether (sulfide) groups is 2. The number of rotatable bonds is 6. The summed E-state index contributed by atoms with van der Waals surface area (Å²) in [4.78, 5) is 38.2. The minimum Gasteiger partial charge on any atom is -0.467 e. The van der Waals surface area contributed by atoms with Crippen LogP contribution in [0.3, 0.4) is 0 Å². The van der Waals surface area contributed by atoms with Crippen LogP contribution in [0.4, 0.5) is 10.5 Å². The third-order valence-electron chi connectivity index (χ3n) is 4.26. The molecule has 2 aliphatic rings. The summed E-state index contributed by atoms with van der Waals surface area (Å²) in [6.07, 6.45) is 1.48. The second-order valence-corrected chi connectivity index (χ2v) is 9.05. The highest BCUT2D eigenvalue weighted by atomic mass is 35.5. The van der Waals surface area contributed by atoms with Crippen LogP contribution in [0.25, 0.3) is 0 Å². The summed E-state index contributed by atoms with van der Waals surface area (Å²) < 4.78 is 5.34. The van der Waals surface area contributed by atoms with Crippen molar-refractivity contribution in [2.24, 2.45) is 10.2 Å². The van der Waals surface area contributed by atoms with E-state index >= 15 is 0 Å². The van der Waals surface area contributed by atoms with Gasteiger partial charge in [0.1, 0.15) is 16.8 Å². The second-order valence-electron chi connectivity index (χ2n) is 6.50. The molecule has 31 heavy (non-hydrogen) atoms. The highest BCUT2D eigenvalue weighted by Gasteiger charge is 2.40. The van der Waals surface area contributed by atoms with E-state index in [9.17, 15) is 14.4 Å². The van der Waals surface area contributed by atoms with Gasteiger partial charge in [0.25, 0.3) is 5.24 Å². The first-order valence-corrected chi connectivity index (χ1v) is 11.4. The number of furan rings is 1. The molecule has 2 aromatic rings. The molecular formula is C19H16ClN5O4S2. The molecule has 0 bridgehead atoms. The molecule has 4 rings (SSSR count). The minimum atomic E-state index is -0.659. The average Bonchev–Trinajstić information content (AvgIpc) is 3.46. The van der Waals surface area contributed by atoms with Gasteiger partial charge in [0.15, 0.2) is 5.17 Å². The molecule has 1 atom stereocenters. The number of anilines is 1. The van der Waals surface area contributed by atoms with Crippen LogP contribution in [0.2, 0.25) is 5.02 Å². The van der Waals surface area contributed by atoms with Gasteiger partial charge in [-0.05, 0) is 36.4 Å². The van der Waals surface area contributed by atoms with E-state index in [2.05, 4.69) is 20.8 Å². The van der Waals surface area contributed by atoms with Crippen LogP contribution in [0.15, 0.2) is 57.3 Å². The number of carbonyl (C=O) groups excluding carboxylic acids is 3. The first kappa shape index (κ1) is 21.5. The maximum absolute atomic E-state index is 13.0. The summed E-state index contributed by atoms with van der Waals surface area (Å²) in [5, 5.41) is 13.6. The molecule has 0 spiro atoms. The maximum Gasteiger partial charge on any atom is 0.284 e. The van der Waals surface area contributed by atoms with Crippen LogP contribution < -0.4 is 10.6 Å². The van der Waals surface area contributed by atoms with Crippen LogP contribution in [0, 0.1) is 0 Å². The summed E-state index contributed by atoms with van der Waals surface area (Å²) >= 11 is 8.10. The highest BCUT2D eigenvalue weighted by molar-refractivity contribution is 8.15. The molecule has 2 fully saturated rings. The summed E-state index contributed by atoms with van der Waals surface area (Å²) in [7, 11) is 0. The SMILES string of the molecule is O=C(C[C@H]1S/C(=N\N=C2/CSC(=O)N2)N(Cc2ccco2)C1=O)Nc1ccc(Cl)cc1. The molecule has 0 unspecified atom stereocenters. The average molecular weight is 478 g/mol. The summed E-state index contributed by atoms with van der Waals surface area (Å²) in [5.41, 5.74) is 0.590. The molecule has 9 nitrogen and oxygen atoms in total. The van der Waals surface area contributed by atoms with Gasteiger partial charge in [-0.1, -0.05) is 35.1 Å². The number of nitrogens with zero attached hydrogens (tertiary/aromatic N) is 3. The van der Waals surface area contributed by atoms with Crippen molar-refractivity contribution in [1.29, 1.82) is 0 Å². The maximum atomic E-state index is 13.0. The predicted octanol–water partition coefficient (Wildman–Crippen LogP) is 3.53. The fourth-order valence-electron chi connectivity index (χ4n) is 2.81. The summed E-state index contributed by atoms with van der Waals surface area (Å²) in [6, 6.07) is 10.2. The van der Waals surface area contributed by atoms with E-state index in [1.165, 1.54) is 11.2 Å². The first-order chi connectivity index (χ1) is 15.0. The van der Waals surface area contributed by atoms with Gasteiger partial charge < -0.3 is 15.1 Å². The van der Waals surface area contributed by atoms with Crippen molar-refractivity contribution in [2.45, 2.75) is 18.2 Å². The Balaban J connectivity index is 1.48.